The average molecular weight is 276 g/mol. The molecular formula is C14H14BrN. The fourth-order valence-corrected chi connectivity index (χ4v) is 2.43. The van der Waals surface area contributed by atoms with Crippen LogP contribution >= 0.6 is 15.9 Å². The zero-order valence-electron chi connectivity index (χ0n) is 9.12. The summed E-state index contributed by atoms with van der Waals surface area (Å²) in [4.78, 5) is 4.52. The van der Waals surface area contributed by atoms with Crippen LogP contribution in [-0.4, -0.2) is 4.98 Å². The molecule has 0 aliphatic heterocycles. The van der Waals surface area contributed by atoms with Gasteiger partial charge in [0.1, 0.15) is 0 Å². The first-order valence-corrected chi connectivity index (χ1v) is 6.65. The van der Waals surface area contributed by atoms with Gasteiger partial charge in [-0.2, -0.15) is 0 Å². The second-order valence-corrected chi connectivity index (χ2v) is 5.56. The lowest BCUT2D eigenvalue weighted by atomic mass is 10.1. The largest absolute Gasteiger partial charge is 0.261 e. The highest BCUT2D eigenvalue weighted by atomic mass is 79.9. The highest BCUT2D eigenvalue weighted by Crippen LogP contribution is 2.33. The van der Waals surface area contributed by atoms with E-state index in [1.54, 1.807) is 0 Å². The number of pyridine rings is 1. The Bertz CT molecular complexity index is 517. The van der Waals surface area contributed by atoms with Crippen LogP contribution in [0.15, 0.2) is 34.9 Å². The van der Waals surface area contributed by atoms with E-state index in [-0.39, 0.29) is 0 Å². The first kappa shape index (κ1) is 10.3. The minimum absolute atomic E-state index is 0.986. The summed E-state index contributed by atoms with van der Waals surface area (Å²) in [6.07, 6.45) is 7.29. The molecule has 16 heavy (non-hydrogen) atoms. The molecule has 1 aromatic heterocycles. The number of hydrogen-bond donors (Lipinski definition) is 0. The van der Waals surface area contributed by atoms with Gasteiger partial charge < -0.3 is 0 Å². The lowest BCUT2D eigenvalue weighted by Gasteiger charge is -2.03. The molecule has 0 spiro atoms. The van der Waals surface area contributed by atoms with Gasteiger partial charge in [0.05, 0.1) is 0 Å². The van der Waals surface area contributed by atoms with Crippen LogP contribution in [0, 0.1) is 5.92 Å². The van der Waals surface area contributed by atoms with Crippen LogP contribution in [0.25, 0.3) is 10.8 Å². The monoisotopic (exact) mass is 275 g/mol. The van der Waals surface area contributed by atoms with E-state index in [0.717, 1.165) is 16.8 Å². The van der Waals surface area contributed by atoms with E-state index in [1.807, 2.05) is 6.20 Å². The van der Waals surface area contributed by atoms with Crippen LogP contribution in [0.1, 0.15) is 25.0 Å². The molecule has 0 N–H and O–H groups in total. The maximum Gasteiger partial charge on any atom is 0.0410 e. The first-order valence-electron chi connectivity index (χ1n) is 5.85. The van der Waals surface area contributed by atoms with Crippen molar-refractivity contribution >= 4 is 26.7 Å². The molecule has 1 nitrogen and oxygen atoms in total. The van der Waals surface area contributed by atoms with E-state index in [2.05, 4.69) is 45.2 Å². The van der Waals surface area contributed by atoms with Crippen molar-refractivity contribution in [2.24, 2.45) is 5.92 Å². The minimum Gasteiger partial charge on any atom is -0.261 e. The molecule has 3 rings (SSSR count). The molecule has 1 aliphatic rings. The summed E-state index contributed by atoms with van der Waals surface area (Å²) in [6.45, 7) is 0. The molecule has 82 valence electrons. The number of hydrogen-bond acceptors (Lipinski definition) is 1. The summed E-state index contributed by atoms with van der Waals surface area (Å²) in [7, 11) is 0. The molecule has 0 saturated heterocycles. The summed E-state index contributed by atoms with van der Waals surface area (Å²) >= 11 is 3.51. The van der Waals surface area contributed by atoms with Crippen molar-refractivity contribution in [3.05, 3.63) is 40.6 Å². The predicted molar refractivity (Wildman–Crippen MR) is 70.5 cm³/mol. The normalized spacial score (nSPS) is 15.6. The third-order valence-corrected chi connectivity index (χ3v) is 3.74. The fraction of sp³-hybridized carbons (Fsp3) is 0.357. The zero-order chi connectivity index (χ0) is 11.0. The third-order valence-electron chi connectivity index (χ3n) is 3.25. The predicted octanol–water partition coefficient (Wildman–Crippen LogP) is 4.34. The lowest BCUT2D eigenvalue weighted by molar-refractivity contribution is 0.715. The molecule has 1 heterocycles. The average Bonchev–Trinajstić information content (AvgIpc) is 3.09. The maximum atomic E-state index is 4.52. The van der Waals surface area contributed by atoms with Gasteiger partial charge in [0.2, 0.25) is 0 Å². The van der Waals surface area contributed by atoms with Gasteiger partial charge in [-0.15, -0.1) is 0 Å². The quantitative estimate of drug-likeness (QED) is 0.812. The van der Waals surface area contributed by atoms with Gasteiger partial charge in [-0.05, 0) is 42.3 Å². The second kappa shape index (κ2) is 4.17. The van der Waals surface area contributed by atoms with Crippen molar-refractivity contribution in [1.82, 2.24) is 4.98 Å². The Labute approximate surface area is 104 Å². The highest BCUT2D eigenvalue weighted by molar-refractivity contribution is 9.10. The molecule has 0 amide bonds. The van der Waals surface area contributed by atoms with Gasteiger partial charge in [-0.3, -0.25) is 4.98 Å². The van der Waals surface area contributed by atoms with Crippen molar-refractivity contribution in [2.75, 3.05) is 0 Å². The summed E-state index contributed by atoms with van der Waals surface area (Å²) in [6, 6.07) is 8.56. The molecule has 1 saturated carbocycles. The summed E-state index contributed by atoms with van der Waals surface area (Å²) in [5.41, 5.74) is 1.23. The topological polar surface area (TPSA) is 12.9 Å². The molecule has 1 aromatic carbocycles. The third kappa shape index (κ3) is 2.27. The van der Waals surface area contributed by atoms with Gasteiger partial charge in [0.25, 0.3) is 0 Å². The number of fused-ring (bicyclic) bond motifs is 1. The molecule has 0 bridgehead atoms. The maximum absolute atomic E-state index is 4.52. The lowest BCUT2D eigenvalue weighted by Crippen LogP contribution is -1.91. The second-order valence-electron chi connectivity index (χ2n) is 4.65. The molecule has 2 heteroatoms. The fourth-order valence-electron chi connectivity index (χ4n) is 2.05. The minimum atomic E-state index is 0.986. The Kier molecular flexibility index (Phi) is 2.68. The van der Waals surface area contributed by atoms with E-state index in [4.69, 9.17) is 0 Å². The van der Waals surface area contributed by atoms with Gasteiger partial charge in [0, 0.05) is 21.7 Å². The molecule has 1 aliphatic carbocycles. The van der Waals surface area contributed by atoms with E-state index in [9.17, 15) is 0 Å². The number of nitrogens with zero attached hydrogens (tertiary/aromatic N) is 1. The smallest absolute Gasteiger partial charge is 0.0410 e. The van der Waals surface area contributed by atoms with Gasteiger partial charge >= 0.3 is 0 Å². The van der Waals surface area contributed by atoms with Gasteiger partial charge in [-0.25, -0.2) is 0 Å². The van der Waals surface area contributed by atoms with Crippen molar-refractivity contribution in [2.45, 2.75) is 25.7 Å². The SMILES string of the molecule is Brc1ccc2cnc(CCC3CC3)cc2c1. The Balaban J connectivity index is 1.87. The standard InChI is InChI=1S/C14H14BrN/c15-13-5-4-11-9-16-14(8-12(11)7-13)6-3-10-1-2-10/h4-5,7-10H,1-3,6H2. The number of benzene rings is 1. The van der Waals surface area contributed by atoms with E-state index in [1.165, 1.54) is 35.7 Å². The molecule has 1 fully saturated rings. The molecular weight excluding hydrogens is 262 g/mol. The van der Waals surface area contributed by atoms with Gasteiger partial charge in [-0.1, -0.05) is 34.8 Å². The van der Waals surface area contributed by atoms with E-state index in [0.29, 0.717) is 0 Å². The van der Waals surface area contributed by atoms with Gasteiger partial charge in [0.15, 0.2) is 0 Å². The van der Waals surface area contributed by atoms with Crippen LogP contribution in [0.3, 0.4) is 0 Å². The van der Waals surface area contributed by atoms with Crippen molar-refractivity contribution in [3.8, 4) is 0 Å². The van der Waals surface area contributed by atoms with Crippen molar-refractivity contribution in [3.63, 3.8) is 0 Å². The van der Waals surface area contributed by atoms with Crippen molar-refractivity contribution in [1.29, 1.82) is 0 Å². The first-order chi connectivity index (χ1) is 7.81. The molecule has 0 radical (unpaired) electrons. The van der Waals surface area contributed by atoms with Crippen LogP contribution in [0.4, 0.5) is 0 Å². The summed E-state index contributed by atoms with van der Waals surface area (Å²) < 4.78 is 1.14. The van der Waals surface area contributed by atoms with Crippen LogP contribution in [-0.2, 0) is 6.42 Å². The van der Waals surface area contributed by atoms with E-state index >= 15 is 0 Å². The number of aryl methyl sites for hydroxylation is 1. The highest BCUT2D eigenvalue weighted by Gasteiger charge is 2.20. The van der Waals surface area contributed by atoms with Crippen LogP contribution in [0.2, 0.25) is 0 Å². The van der Waals surface area contributed by atoms with Crippen LogP contribution in [0.5, 0.6) is 0 Å². The number of halogens is 1. The summed E-state index contributed by atoms with van der Waals surface area (Å²) in [5.74, 6) is 0.986. The Morgan fingerprint density at radius 1 is 1.19 bits per heavy atom. The molecule has 0 atom stereocenters. The Morgan fingerprint density at radius 2 is 2.06 bits per heavy atom. The van der Waals surface area contributed by atoms with E-state index < -0.39 is 0 Å². The molecule has 2 aromatic rings. The summed E-state index contributed by atoms with van der Waals surface area (Å²) in [5, 5.41) is 2.51. The Morgan fingerprint density at radius 3 is 2.88 bits per heavy atom. The molecule has 0 unspecified atom stereocenters. The number of aromatic nitrogens is 1. The zero-order valence-corrected chi connectivity index (χ0v) is 10.7. The number of rotatable bonds is 3. The van der Waals surface area contributed by atoms with Crippen molar-refractivity contribution < 1.29 is 0 Å². The van der Waals surface area contributed by atoms with Crippen LogP contribution < -0.4 is 0 Å². The Hall–Kier alpha value is -0.890.